The van der Waals surface area contributed by atoms with E-state index >= 15 is 0 Å². The molecule has 2 aromatic rings. The number of rotatable bonds is 9. The fraction of sp³-hybridized carbons (Fsp3) is 0.250. The Bertz CT molecular complexity index is 740. The number of benzene rings is 2. The standard InChI is InChI=1S/C20H23NO5/c1-23-16-8-10-17(11-9-16)26-14-13-21-19(22)12-7-15-5-4-6-18(24-2)20(15)25-3/h4-12H,13-14H2,1-3H3,(H,21,22)/b12-7+. The van der Waals surface area contributed by atoms with Crippen molar-refractivity contribution in [1.82, 2.24) is 5.32 Å². The van der Waals surface area contributed by atoms with Crippen molar-refractivity contribution in [2.75, 3.05) is 34.5 Å². The van der Waals surface area contributed by atoms with Gasteiger partial charge in [-0.3, -0.25) is 4.79 Å². The number of hydrogen-bond donors (Lipinski definition) is 1. The van der Waals surface area contributed by atoms with Crippen LogP contribution < -0.4 is 24.3 Å². The van der Waals surface area contributed by atoms with E-state index in [9.17, 15) is 4.79 Å². The monoisotopic (exact) mass is 357 g/mol. The van der Waals surface area contributed by atoms with Crippen LogP contribution in [0.2, 0.25) is 0 Å². The van der Waals surface area contributed by atoms with Crippen molar-refractivity contribution in [3.63, 3.8) is 0 Å². The Morgan fingerprint density at radius 3 is 2.35 bits per heavy atom. The number of carbonyl (C=O) groups excluding carboxylic acids is 1. The topological polar surface area (TPSA) is 66.0 Å². The maximum atomic E-state index is 11.9. The van der Waals surface area contributed by atoms with Crippen molar-refractivity contribution in [3.05, 3.63) is 54.1 Å². The highest BCUT2D eigenvalue weighted by Gasteiger charge is 2.07. The molecule has 0 radical (unpaired) electrons. The largest absolute Gasteiger partial charge is 0.497 e. The Balaban J connectivity index is 1.80. The quantitative estimate of drug-likeness (QED) is 0.552. The molecule has 0 spiro atoms. The minimum atomic E-state index is -0.215. The zero-order valence-electron chi connectivity index (χ0n) is 15.2. The SMILES string of the molecule is COc1ccc(OCCNC(=O)/C=C/c2cccc(OC)c2OC)cc1. The van der Waals surface area contributed by atoms with E-state index in [0.29, 0.717) is 24.7 Å². The predicted molar refractivity (Wildman–Crippen MR) is 100 cm³/mol. The van der Waals surface area contributed by atoms with Crippen LogP contribution in [0.25, 0.3) is 6.08 Å². The van der Waals surface area contributed by atoms with Crippen LogP contribution in [0.3, 0.4) is 0 Å². The molecule has 1 amide bonds. The molecule has 0 saturated heterocycles. The first kappa shape index (κ1) is 19.2. The lowest BCUT2D eigenvalue weighted by Gasteiger charge is -2.10. The summed E-state index contributed by atoms with van der Waals surface area (Å²) in [5, 5.41) is 2.76. The Hall–Kier alpha value is -3.15. The van der Waals surface area contributed by atoms with Crippen molar-refractivity contribution in [1.29, 1.82) is 0 Å². The van der Waals surface area contributed by atoms with Gasteiger partial charge in [0.15, 0.2) is 11.5 Å². The van der Waals surface area contributed by atoms with Gasteiger partial charge in [0.2, 0.25) is 5.91 Å². The molecule has 0 aliphatic rings. The van der Waals surface area contributed by atoms with Crippen LogP contribution in [0.15, 0.2) is 48.5 Å². The normalized spacial score (nSPS) is 10.4. The summed E-state index contributed by atoms with van der Waals surface area (Å²) in [5.74, 6) is 2.47. The molecule has 0 saturated carbocycles. The van der Waals surface area contributed by atoms with Gasteiger partial charge < -0.3 is 24.3 Å². The first-order valence-electron chi connectivity index (χ1n) is 8.11. The van der Waals surface area contributed by atoms with E-state index in [1.165, 1.54) is 6.08 Å². The summed E-state index contributed by atoms with van der Waals surface area (Å²) >= 11 is 0. The predicted octanol–water partition coefficient (Wildman–Crippen LogP) is 2.92. The molecule has 0 aromatic heterocycles. The van der Waals surface area contributed by atoms with Crippen LogP contribution in [0, 0.1) is 0 Å². The van der Waals surface area contributed by atoms with Gasteiger partial charge in [0.1, 0.15) is 18.1 Å². The van der Waals surface area contributed by atoms with E-state index in [0.717, 1.165) is 17.1 Å². The summed E-state index contributed by atoms with van der Waals surface area (Å²) < 4.78 is 21.2. The second-order valence-electron chi connectivity index (χ2n) is 5.23. The summed E-state index contributed by atoms with van der Waals surface area (Å²) in [6.07, 6.45) is 3.13. The minimum Gasteiger partial charge on any atom is -0.497 e. The van der Waals surface area contributed by atoms with E-state index in [2.05, 4.69) is 5.32 Å². The van der Waals surface area contributed by atoms with Gasteiger partial charge in [0.25, 0.3) is 0 Å². The number of ether oxygens (including phenoxy) is 4. The average Bonchev–Trinajstić information content (AvgIpc) is 2.69. The highest BCUT2D eigenvalue weighted by atomic mass is 16.5. The third-order valence-electron chi connectivity index (χ3n) is 3.58. The van der Waals surface area contributed by atoms with Crippen molar-refractivity contribution < 1.29 is 23.7 Å². The Labute approximate surface area is 153 Å². The lowest BCUT2D eigenvalue weighted by atomic mass is 10.1. The first-order valence-corrected chi connectivity index (χ1v) is 8.11. The number of para-hydroxylation sites is 1. The zero-order chi connectivity index (χ0) is 18.8. The van der Waals surface area contributed by atoms with Crippen LogP contribution in [0.5, 0.6) is 23.0 Å². The third-order valence-corrected chi connectivity index (χ3v) is 3.58. The summed E-state index contributed by atoms with van der Waals surface area (Å²) in [6, 6.07) is 12.7. The Morgan fingerprint density at radius 1 is 0.962 bits per heavy atom. The number of amides is 1. The highest BCUT2D eigenvalue weighted by molar-refractivity contribution is 5.92. The van der Waals surface area contributed by atoms with Crippen molar-refractivity contribution >= 4 is 12.0 Å². The van der Waals surface area contributed by atoms with Crippen molar-refractivity contribution in [2.24, 2.45) is 0 Å². The number of carbonyl (C=O) groups is 1. The summed E-state index contributed by atoms with van der Waals surface area (Å²) in [7, 11) is 4.74. The highest BCUT2D eigenvalue weighted by Crippen LogP contribution is 2.31. The molecule has 26 heavy (non-hydrogen) atoms. The molecule has 0 unspecified atom stereocenters. The molecule has 0 heterocycles. The molecule has 0 atom stereocenters. The molecule has 2 aromatic carbocycles. The van der Waals surface area contributed by atoms with Crippen molar-refractivity contribution in [3.8, 4) is 23.0 Å². The van der Waals surface area contributed by atoms with Crippen LogP contribution in [0.4, 0.5) is 0 Å². The van der Waals surface area contributed by atoms with Gasteiger partial charge >= 0.3 is 0 Å². The van der Waals surface area contributed by atoms with Gasteiger partial charge in [-0.15, -0.1) is 0 Å². The Morgan fingerprint density at radius 2 is 1.69 bits per heavy atom. The molecule has 2 rings (SSSR count). The summed E-state index contributed by atoms with van der Waals surface area (Å²) in [4.78, 5) is 11.9. The molecule has 0 fully saturated rings. The maximum Gasteiger partial charge on any atom is 0.244 e. The lowest BCUT2D eigenvalue weighted by molar-refractivity contribution is -0.116. The minimum absolute atomic E-state index is 0.215. The summed E-state index contributed by atoms with van der Waals surface area (Å²) in [5.41, 5.74) is 0.761. The van der Waals surface area contributed by atoms with E-state index in [-0.39, 0.29) is 5.91 Å². The number of hydrogen-bond acceptors (Lipinski definition) is 5. The second kappa shape index (κ2) is 9.98. The van der Waals surface area contributed by atoms with Crippen LogP contribution >= 0.6 is 0 Å². The zero-order valence-corrected chi connectivity index (χ0v) is 15.2. The fourth-order valence-corrected chi connectivity index (χ4v) is 2.28. The van der Waals surface area contributed by atoms with Gasteiger partial charge in [0, 0.05) is 11.6 Å². The molecule has 1 N–H and O–H groups in total. The lowest BCUT2D eigenvalue weighted by Crippen LogP contribution is -2.26. The van der Waals surface area contributed by atoms with Gasteiger partial charge in [-0.1, -0.05) is 12.1 Å². The molecule has 0 bridgehead atoms. The van der Waals surface area contributed by atoms with Gasteiger partial charge in [-0.05, 0) is 36.4 Å². The average molecular weight is 357 g/mol. The molecular weight excluding hydrogens is 334 g/mol. The van der Waals surface area contributed by atoms with Crippen molar-refractivity contribution in [2.45, 2.75) is 0 Å². The van der Waals surface area contributed by atoms with E-state index < -0.39 is 0 Å². The van der Waals surface area contributed by atoms with Crippen LogP contribution in [-0.4, -0.2) is 40.4 Å². The molecule has 0 aliphatic heterocycles. The van der Waals surface area contributed by atoms with Gasteiger partial charge in [0.05, 0.1) is 27.9 Å². The third kappa shape index (κ3) is 5.44. The first-order chi connectivity index (χ1) is 12.7. The number of methoxy groups -OCH3 is 3. The van der Waals surface area contributed by atoms with E-state index in [1.807, 2.05) is 36.4 Å². The molecular formula is C20H23NO5. The van der Waals surface area contributed by atoms with E-state index in [4.69, 9.17) is 18.9 Å². The second-order valence-corrected chi connectivity index (χ2v) is 5.23. The smallest absolute Gasteiger partial charge is 0.244 e. The molecule has 6 nitrogen and oxygen atoms in total. The number of nitrogens with one attached hydrogen (secondary N) is 1. The Kier molecular flexibility index (Phi) is 7.36. The molecule has 138 valence electrons. The maximum absolute atomic E-state index is 11.9. The van der Waals surface area contributed by atoms with Crippen LogP contribution in [0.1, 0.15) is 5.56 Å². The van der Waals surface area contributed by atoms with Gasteiger partial charge in [-0.25, -0.2) is 0 Å². The fourth-order valence-electron chi connectivity index (χ4n) is 2.28. The van der Waals surface area contributed by atoms with E-state index in [1.54, 1.807) is 33.5 Å². The molecule has 6 heteroatoms. The van der Waals surface area contributed by atoms with Gasteiger partial charge in [-0.2, -0.15) is 0 Å². The molecule has 0 aliphatic carbocycles. The van der Waals surface area contributed by atoms with Crippen LogP contribution in [-0.2, 0) is 4.79 Å². The summed E-state index contributed by atoms with van der Waals surface area (Å²) in [6.45, 7) is 0.763.